The SMILES string of the molecule is CCc1ccc(S(=O)(=O)N2CCC[C@@](COc3ccc(Cl)c(C)c3)(CC(=O)N3CCCCC3)C2)cc1. The van der Waals surface area contributed by atoms with E-state index in [1.54, 1.807) is 22.5 Å². The number of piperidine rings is 2. The monoisotopic (exact) mass is 532 g/mol. The second-order valence-electron chi connectivity index (χ2n) is 10.3. The van der Waals surface area contributed by atoms with Crippen molar-refractivity contribution in [3.8, 4) is 5.75 Å². The van der Waals surface area contributed by atoms with Crippen molar-refractivity contribution < 1.29 is 17.9 Å². The number of nitrogens with zero attached hydrogens (tertiary/aromatic N) is 2. The number of amides is 1. The number of ether oxygens (including phenoxy) is 1. The van der Waals surface area contributed by atoms with Crippen molar-refractivity contribution in [2.45, 2.75) is 63.7 Å². The molecule has 4 rings (SSSR count). The Bertz CT molecular complexity index is 1160. The van der Waals surface area contributed by atoms with E-state index >= 15 is 0 Å². The average Bonchev–Trinajstić information content (AvgIpc) is 2.90. The van der Waals surface area contributed by atoms with Crippen LogP contribution in [0.25, 0.3) is 0 Å². The van der Waals surface area contributed by atoms with Crippen molar-refractivity contribution in [3.05, 3.63) is 58.6 Å². The summed E-state index contributed by atoms with van der Waals surface area (Å²) in [6.07, 6.45) is 5.74. The lowest BCUT2D eigenvalue weighted by Crippen LogP contribution is -2.51. The van der Waals surface area contributed by atoms with Crippen LogP contribution in [0.4, 0.5) is 0 Å². The summed E-state index contributed by atoms with van der Waals surface area (Å²) < 4.78 is 35.0. The molecule has 2 saturated heterocycles. The molecule has 0 aliphatic carbocycles. The summed E-state index contributed by atoms with van der Waals surface area (Å²) in [5, 5.41) is 0.668. The number of rotatable bonds is 8. The van der Waals surface area contributed by atoms with Gasteiger partial charge in [0.1, 0.15) is 5.75 Å². The highest BCUT2D eigenvalue weighted by molar-refractivity contribution is 7.89. The van der Waals surface area contributed by atoms with Crippen LogP contribution in [0.15, 0.2) is 47.4 Å². The van der Waals surface area contributed by atoms with Crippen molar-refractivity contribution >= 4 is 27.5 Å². The van der Waals surface area contributed by atoms with Crippen molar-refractivity contribution in [1.82, 2.24) is 9.21 Å². The van der Waals surface area contributed by atoms with Gasteiger partial charge in [-0.25, -0.2) is 8.42 Å². The molecule has 2 heterocycles. The molecule has 0 radical (unpaired) electrons. The Labute approximate surface area is 220 Å². The van der Waals surface area contributed by atoms with E-state index in [1.165, 1.54) is 0 Å². The molecule has 0 unspecified atom stereocenters. The Morgan fingerprint density at radius 3 is 2.42 bits per heavy atom. The largest absolute Gasteiger partial charge is 0.493 e. The molecule has 1 atom stereocenters. The fourth-order valence-electron chi connectivity index (χ4n) is 5.25. The van der Waals surface area contributed by atoms with Gasteiger partial charge in [0.25, 0.3) is 0 Å². The number of carbonyl (C=O) groups excluding carboxylic acids is 1. The van der Waals surface area contributed by atoms with Crippen molar-refractivity contribution in [3.63, 3.8) is 0 Å². The molecule has 2 aromatic rings. The van der Waals surface area contributed by atoms with Gasteiger partial charge in [0, 0.05) is 43.0 Å². The van der Waals surface area contributed by atoms with Crippen LogP contribution in [0, 0.1) is 12.3 Å². The number of halogens is 1. The Balaban J connectivity index is 1.58. The molecule has 2 aliphatic rings. The van der Waals surface area contributed by atoms with Crippen LogP contribution < -0.4 is 4.74 Å². The van der Waals surface area contributed by atoms with Gasteiger partial charge in [-0.05, 0) is 86.9 Å². The van der Waals surface area contributed by atoms with E-state index in [9.17, 15) is 13.2 Å². The van der Waals surface area contributed by atoms with Crippen molar-refractivity contribution in [2.75, 3.05) is 32.8 Å². The topological polar surface area (TPSA) is 66.9 Å². The van der Waals surface area contributed by atoms with Crippen LogP contribution in [0.5, 0.6) is 5.75 Å². The number of sulfonamides is 1. The second-order valence-corrected chi connectivity index (χ2v) is 12.6. The average molecular weight is 533 g/mol. The lowest BCUT2D eigenvalue weighted by atomic mass is 9.78. The smallest absolute Gasteiger partial charge is 0.243 e. The third-order valence-corrected chi connectivity index (χ3v) is 9.79. The van der Waals surface area contributed by atoms with Gasteiger partial charge >= 0.3 is 0 Å². The molecule has 2 aromatic carbocycles. The molecule has 8 heteroatoms. The first kappa shape index (κ1) is 27.0. The molecule has 36 heavy (non-hydrogen) atoms. The maximum atomic E-state index is 13.6. The highest BCUT2D eigenvalue weighted by Crippen LogP contribution is 2.38. The van der Waals surface area contributed by atoms with E-state index in [0.717, 1.165) is 56.3 Å². The lowest BCUT2D eigenvalue weighted by molar-refractivity contribution is -0.136. The Morgan fingerprint density at radius 2 is 1.75 bits per heavy atom. The van der Waals surface area contributed by atoms with E-state index < -0.39 is 15.4 Å². The predicted octanol–water partition coefficient (Wildman–Crippen LogP) is 5.46. The highest BCUT2D eigenvalue weighted by Gasteiger charge is 2.43. The Morgan fingerprint density at radius 1 is 1.03 bits per heavy atom. The summed E-state index contributed by atoms with van der Waals surface area (Å²) in [5.74, 6) is 0.772. The number of likely N-dealkylation sites (tertiary alicyclic amines) is 1. The number of aryl methyl sites for hydroxylation is 2. The van der Waals surface area contributed by atoms with Gasteiger partial charge in [-0.15, -0.1) is 0 Å². The molecule has 0 bridgehead atoms. The Kier molecular flexibility index (Phi) is 8.63. The van der Waals surface area contributed by atoms with Gasteiger partial charge in [-0.2, -0.15) is 4.31 Å². The standard InChI is InChI=1S/C28H37ClN2O4S/c1-3-23-8-11-25(12-9-23)36(33,34)31-17-7-14-28(20-31,19-27(32)30-15-5-4-6-16-30)21-35-24-10-13-26(29)22(2)18-24/h8-13,18H,3-7,14-17,19-21H2,1-2H3/t28-/m1/s1. The maximum Gasteiger partial charge on any atom is 0.243 e. The summed E-state index contributed by atoms with van der Waals surface area (Å²) in [7, 11) is -3.68. The third kappa shape index (κ3) is 6.24. The first-order chi connectivity index (χ1) is 17.2. The fourth-order valence-corrected chi connectivity index (χ4v) is 6.96. The minimum atomic E-state index is -3.68. The first-order valence-electron chi connectivity index (χ1n) is 13.0. The van der Waals surface area contributed by atoms with Crippen molar-refractivity contribution in [1.29, 1.82) is 0 Å². The highest BCUT2D eigenvalue weighted by atomic mass is 35.5. The molecule has 0 spiro atoms. The van der Waals surface area contributed by atoms with E-state index in [4.69, 9.17) is 16.3 Å². The molecule has 0 aromatic heterocycles. The number of hydrogen-bond acceptors (Lipinski definition) is 4. The van der Waals surface area contributed by atoms with Gasteiger partial charge in [0.2, 0.25) is 15.9 Å². The summed E-state index contributed by atoms with van der Waals surface area (Å²) in [6.45, 7) is 6.49. The minimum Gasteiger partial charge on any atom is -0.493 e. The van der Waals surface area contributed by atoms with E-state index in [0.29, 0.717) is 28.6 Å². The summed E-state index contributed by atoms with van der Waals surface area (Å²) >= 11 is 6.18. The second kappa shape index (κ2) is 11.5. The van der Waals surface area contributed by atoms with Crippen LogP contribution in [-0.2, 0) is 21.2 Å². The zero-order valence-corrected chi connectivity index (χ0v) is 22.9. The van der Waals surface area contributed by atoms with E-state index in [-0.39, 0.29) is 25.5 Å². The molecule has 196 valence electrons. The van der Waals surface area contributed by atoms with E-state index in [1.807, 2.05) is 43.0 Å². The summed E-state index contributed by atoms with van der Waals surface area (Å²) in [4.78, 5) is 15.6. The first-order valence-corrected chi connectivity index (χ1v) is 14.8. The third-order valence-electron chi connectivity index (χ3n) is 7.51. The van der Waals surface area contributed by atoms with Crippen LogP contribution in [0.2, 0.25) is 5.02 Å². The molecule has 0 N–H and O–H groups in total. The lowest BCUT2D eigenvalue weighted by Gasteiger charge is -2.42. The molecular weight excluding hydrogens is 496 g/mol. The molecule has 2 aliphatic heterocycles. The summed E-state index contributed by atoms with van der Waals surface area (Å²) in [6, 6.07) is 12.6. The van der Waals surface area contributed by atoms with Crippen LogP contribution in [0.1, 0.15) is 56.6 Å². The normalized spacial score (nSPS) is 21.4. The predicted molar refractivity (Wildman–Crippen MR) is 143 cm³/mol. The van der Waals surface area contributed by atoms with Gasteiger partial charge in [-0.3, -0.25) is 4.79 Å². The van der Waals surface area contributed by atoms with Crippen LogP contribution in [-0.4, -0.2) is 56.3 Å². The maximum absolute atomic E-state index is 13.6. The van der Waals surface area contributed by atoms with Gasteiger partial charge in [0.05, 0.1) is 11.5 Å². The van der Waals surface area contributed by atoms with Crippen molar-refractivity contribution in [2.24, 2.45) is 5.41 Å². The quantitative estimate of drug-likeness (QED) is 0.452. The zero-order valence-electron chi connectivity index (χ0n) is 21.3. The van der Waals surface area contributed by atoms with Gasteiger partial charge < -0.3 is 9.64 Å². The molecule has 2 fully saturated rings. The molecule has 0 saturated carbocycles. The fraction of sp³-hybridized carbons (Fsp3) is 0.536. The Hall–Kier alpha value is -2.09. The molecule has 6 nitrogen and oxygen atoms in total. The number of carbonyl (C=O) groups is 1. The molecule has 1 amide bonds. The number of benzene rings is 2. The molecular formula is C28H37ClN2O4S. The van der Waals surface area contributed by atoms with Crippen LogP contribution >= 0.6 is 11.6 Å². The zero-order chi connectivity index (χ0) is 25.8. The van der Waals surface area contributed by atoms with Gasteiger partial charge in [0.15, 0.2) is 0 Å². The minimum absolute atomic E-state index is 0.0946. The summed E-state index contributed by atoms with van der Waals surface area (Å²) in [5.41, 5.74) is 1.41. The van der Waals surface area contributed by atoms with E-state index in [2.05, 4.69) is 0 Å². The van der Waals surface area contributed by atoms with Gasteiger partial charge in [-0.1, -0.05) is 30.7 Å². The number of hydrogen-bond donors (Lipinski definition) is 0. The van der Waals surface area contributed by atoms with Crippen LogP contribution in [0.3, 0.4) is 0 Å².